The third-order valence-corrected chi connectivity index (χ3v) is 3.36. The van der Waals surface area contributed by atoms with Gasteiger partial charge in [-0.2, -0.15) is 0 Å². The topological polar surface area (TPSA) is 29.3 Å². The monoisotopic (exact) mass is 294 g/mol. The fraction of sp³-hybridized carbons (Fsp3) is 0.250. The second-order valence-electron chi connectivity index (χ2n) is 4.80. The van der Waals surface area contributed by atoms with Crippen LogP contribution in [0.15, 0.2) is 42.5 Å². The second-order valence-corrected chi connectivity index (χ2v) is 4.80. The van der Waals surface area contributed by atoms with Gasteiger partial charge in [0.05, 0.1) is 0 Å². The number of anilines is 1. The minimum atomic E-state index is -0.909. The number of hydrogen-bond donors (Lipinski definition) is 1. The van der Waals surface area contributed by atoms with Crippen LogP contribution in [0.25, 0.3) is 0 Å². The Kier molecular flexibility index (Phi) is 4.85. The molecule has 0 aliphatic carbocycles. The minimum Gasteiger partial charge on any atom is -0.370 e. The smallest absolute Gasteiger partial charge is 0.159 e. The Morgan fingerprint density at radius 3 is 2.24 bits per heavy atom. The maximum Gasteiger partial charge on any atom is 0.159 e. The molecule has 0 heterocycles. The summed E-state index contributed by atoms with van der Waals surface area (Å²) in [5.41, 5.74) is 7.41. The van der Waals surface area contributed by atoms with Gasteiger partial charge in [0.25, 0.3) is 0 Å². The highest BCUT2D eigenvalue weighted by atomic mass is 19.2. The number of hydrogen-bond acceptors (Lipinski definition) is 2. The number of halogens is 3. The highest BCUT2D eigenvalue weighted by Crippen LogP contribution is 2.20. The van der Waals surface area contributed by atoms with Crippen molar-refractivity contribution in [3.8, 4) is 0 Å². The second kappa shape index (κ2) is 6.63. The summed E-state index contributed by atoms with van der Waals surface area (Å²) in [6.45, 7) is 3.04. The fourth-order valence-electron chi connectivity index (χ4n) is 2.15. The first-order valence-corrected chi connectivity index (χ1v) is 6.72. The SMILES string of the molecule is CCN(CC(N)c1ccc(F)c(F)c1)c1ccc(F)cc1. The molecule has 0 aromatic heterocycles. The van der Waals surface area contributed by atoms with Crippen molar-refractivity contribution < 1.29 is 13.2 Å². The number of nitrogens with zero attached hydrogens (tertiary/aromatic N) is 1. The zero-order chi connectivity index (χ0) is 15.4. The molecule has 112 valence electrons. The number of rotatable bonds is 5. The van der Waals surface area contributed by atoms with E-state index in [2.05, 4.69) is 0 Å². The number of likely N-dealkylation sites (N-methyl/N-ethyl adjacent to an activating group) is 1. The van der Waals surface area contributed by atoms with Crippen LogP contribution in [0.1, 0.15) is 18.5 Å². The molecule has 2 N–H and O–H groups in total. The number of nitrogens with two attached hydrogens (primary N) is 1. The van der Waals surface area contributed by atoms with Crippen LogP contribution in [0, 0.1) is 17.5 Å². The van der Waals surface area contributed by atoms with E-state index < -0.39 is 17.7 Å². The van der Waals surface area contributed by atoms with Crippen LogP contribution in [0.2, 0.25) is 0 Å². The van der Waals surface area contributed by atoms with E-state index in [1.807, 2.05) is 11.8 Å². The van der Waals surface area contributed by atoms with E-state index in [-0.39, 0.29) is 5.82 Å². The lowest BCUT2D eigenvalue weighted by molar-refractivity contribution is 0.505. The summed E-state index contributed by atoms with van der Waals surface area (Å²) >= 11 is 0. The maximum absolute atomic E-state index is 13.2. The minimum absolute atomic E-state index is 0.306. The Balaban J connectivity index is 2.13. The Bertz CT molecular complexity index is 599. The lowest BCUT2D eigenvalue weighted by atomic mass is 10.1. The van der Waals surface area contributed by atoms with E-state index in [0.717, 1.165) is 17.8 Å². The highest BCUT2D eigenvalue weighted by Gasteiger charge is 2.14. The molecule has 0 aliphatic heterocycles. The van der Waals surface area contributed by atoms with Crippen molar-refractivity contribution in [2.45, 2.75) is 13.0 Å². The summed E-state index contributed by atoms with van der Waals surface area (Å²) in [7, 11) is 0. The predicted molar refractivity (Wildman–Crippen MR) is 77.6 cm³/mol. The third-order valence-electron chi connectivity index (χ3n) is 3.36. The van der Waals surface area contributed by atoms with Gasteiger partial charge in [0.2, 0.25) is 0 Å². The molecule has 0 spiro atoms. The van der Waals surface area contributed by atoms with Gasteiger partial charge in [0, 0.05) is 24.8 Å². The van der Waals surface area contributed by atoms with Gasteiger partial charge in [-0.15, -0.1) is 0 Å². The van der Waals surface area contributed by atoms with Crippen molar-refractivity contribution in [1.82, 2.24) is 0 Å². The van der Waals surface area contributed by atoms with Crippen LogP contribution in [-0.4, -0.2) is 13.1 Å². The molecule has 2 nitrogen and oxygen atoms in total. The van der Waals surface area contributed by atoms with E-state index in [9.17, 15) is 13.2 Å². The zero-order valence-corrected chi connectivity index (χ0v) is 11.7. The van der Waals surface area contributed by atoms with Crippen molar-refractivity contribution >= 4 is 5.69 Å². The van der Waals surface area contributed by atoms with Gasteiger partial charge >= 0.3 is 0 Å². The standard InChI is InChI=1S/C16H17F3N2/c1-2-21(13-6-4-12(17)5-7-13)10-16(20)11-3-8-14(18)15(19)9-11/h3-9,16H,2,10,20H2,1H3. The lowest BCUT2D eigenvalue weighted by Crippen LogP contribution is -2.32. The molecule has 0 saturated carbocycles. The summed E-state index contributed by atoms with van der Waals surface area (Å²) in [5, 5.41) is 0. The first-order valence-electron chi connectivity index (χ1n) is 6.72. The van der Waals surface area contributed by atoms with Crippen LogP contribution < -0.4 is 10.6 Å². The van der Waals surface area contributed by atoms with E-state index in [1.54, 1.807) is 12.1 Å². The largest absolute Gasteiger partial charge is 0.370 e. The number of benzene rings is 2. The molecule has 1 unspecified atom stereocenters. The summed E-state index contributed by atoms with van der Waals surface area (Å²) in [4.78, 5) is 1.95. The molecule has 2 aromatic rings. The van der Waals surface area contributed by atoms with Crippen molar-refractivity contribution in [3.63, 3.8) is 0 Å². The molecule has 0 saturated heterocycles. The van der Waals surface area contributed by atoms with Crippen LogP contribution >= 0.6 is 0 Å². The van der Waals surface area contributed by atoms with Crippen LogP contribution in [-0.2, 0) is 0 Å². The third kappa shape index (κ3) is 3.76. The normalized spacial score (nSPS) is 12.2. The first kappa shape index (κ1) is 15.4. The summed E-state index contributed by atoms with van der Waals surface area (Å²) in [6, 6.07) is 9.26. The van der Waals surface area contributed by atoms with Gasteiger partial charge < -0.3 is 10.6 Å². The molecule has 2 aromatic carbocycles. The Hall–Kier alpha value is -2.01. The molecule has 0 radical (unpaired) electrons. The summed E-state index contributed by atoms with van der Waals surface area (Å²) < 4.78 is 39.1. The van der Waals surface area contributed by atoms with Crippen molar-refractivity contribution in [3.05, 3.63) is 65.5 Å². The highest BCUT2D eigenvalue weighted by molar-refractivity contribution is 5.46. The molecule has 21 heavy (non-hydrogen) atoms. The van der Waals surface area contributed by atoms with Crippen molar-refractivity contribution in [1.29, 1.82) is 0 Å². The van der Waals surface area contributed by atoms with Gasteiger partial charge in [0.1, 0.15) is 5.82 Å². The van der Waals surface area contributed by atoms with Gasteiger partial charge in [-0.05, 0) is 48.9 Å². The molecular weight excluding hydrogens is 277 g/mol. The molecule has 1 atom stereocenters. The molecule has 0 fully saturated rings. The quantitative estimate of drug-likeness (QED) is 0.912. The van der Waals surface area contributed by atoms with Crippen molar-refractivity contribution in [2.24, 2.45) is 5.73 Å². The molecule has 5 heteroatoms. The summed E-state index contributed by atoms with van der Waals surface area (Å²) in [6.07, 6.45) is 0. The Labute approximate surface area is 122 Å². The summed E-state index contributed by atoms with van der Waals surface area (Å²) in [5.74, 6) is -2.11. The van der Waals surface area contributed by atoms with Gasteiger partial charge in [0.15, 0.2) is 11.6 Å². The molecular formula is C16H17F3N2. The maximum atomic E-state index is 13.2. The Morgan fingerprint density at radius 1 is 1.00 bits per heavy atom. The molecule has 0 aliphatic rings. The average molecular weight is 294 g/mol. The molecule has 2 rings (SSSR count). The van der Waals surface area contributed by atoms with Gasteiger partial charge in [-0.3, -0.25) is 0 Å². The van der Waals surface area contributed by atoms with Gasteiger partial charge in [-0.1, -0.05) is 6.07 Å². The van der Waals surface area contributed by atoms with Crippen LogP contribution in [0.5, 0.6) is 0 Å². The zero-order valence-electron chi connectivity index (χ0n) is 11.7. The van der Waals surface area contributed by atoms with E-state index in [0.29, 0.717) is 18.7 Å². The Morgan fingerprint density at radius 2 is 1.67 bits per heavy atom. The van der Waals surface area contributed by atoms with E-state index in [4.69, 9.17) is 5.73 Å². The van der Waals surface area contributed by atoms with E-state index >= 15 is 0 Å². The van der Waals surface area contributed by atoms with Gasteiger partial charge in [-0.25, -0.2) is 13.2 Å². The predicted octanol–water partition coefficient (Wildman–Crippen LogP) is 3.63. The molecule has 0 amide bonds. The van der Waals surface area contributed by atoms with E-state index in [1.165, 1.54) is 18.2 Å². The van der Waals surface area contributed by atoms with Crippen LogP contribution in [0.4, 0.5) is 18.9 Å². The lowest BCUT2D eigenvalue weighted by Gasteiger charge is -2.26. The molecule has 0 bridgehead atoms. The van der Waals surface area contributed by atoms with Crippen LogP contribution in [0.3, 0.4) is 0 Å². The van der Waals surface area contributed by atoms with Crippen molar-refractivity contribution in [2.75, 3.05) is 18.0 Å². The first-order chi connectivity index (χ1) is 10.0. The average Bonchev–Trinajstić information content (AvgIpc) is 2.48. The fourth-order valence-corrected chi connectivity index (χ4v) is 2.15.